The summed E-state index contributed by atoms with van der Waals surface area (Å²) in [4.78, 5) is 2.63. The number of benzene rings is 1. The lowest BCUT2D eigenvalue weighted by atomic mass is 9.95. The predicted molar refractivity (Wildman–Crippen MR) is 95.2 cm³/mol. The van der Waals surface area contributed by atoms with Gasteiger partial charge in [-0.1, -0.05) is 36.6 Å². The Balaban J connectivity index is 0.00000110. The smallest absolute Gasteiger partial charge is 0.0456 e. The fraction of sp³-hybridized carbons (Fsp3) is 0.625. The van der Waals surface area contributed by atoms with Crippen LogP contribution in [0.25, 0.3) is 0 Å². The van der Waals surface area contributed by atoms with Crippen molar-refractivity contribution < 1.29 is 0 Å². The van der Waals surface area contributed by atoms with Gasteiger partial charge < -0.3 is 5.32 Å². The Labute approximate surface area is 145 Å². The highest BCUT2D eigenvalue weighted by Crippen LogP contribution is 2.42. The molecule has 3 rings (SSSR count). The number of nitrogens with one attached hydrogen (secondary N) is 1. The summed E-state index contributed by atoms with van der Waals surface area (Å²) in [6, 6.07) is 6.82. The molecular weight excluding hydrogens is 327 g/mol. The van der Waals surface area contributed by atoms with E-state index in [0.717, 1.165) is 37.1 Å². The summed E-state index contributed by atoms with van der Waals surface area (Å²) >= 11 is 6.51. The molecule has 1 aromatic carbocycles. The minimum atomic E-state index is 0. The molecule has 1 aliphatic heterocycles. The first-order valence-electron chi connectivity index (χ1n) is 7.45. The van der Waals surface area contributed by atoms with Gasteiger partial charge in [-0.3, -0.25) is 4.90 Å². The molecule has 2 fully saturated rings. The molecule has 2 aliphatic rings. The zero-order chi connectivity index (χ0) is 13.2. The van der Waals surface area contributed by atoms with E-state index in [2.05, 4.69) is 29.3 Å². The SMILES string of the molecule is Cc1cccc(Cl)c1[C@@H](CC1CC1)N1CCNCC1.Cl.Cl. The van der Waals surface area contributed by atoms with Crippen LogP contribution in [0.1, 0.15) is 36.4 Å². The number of hydrogen-bond donors (Lipinski definition) is 1. The van der Waals surface area contributed by atoms with Crippen LogP contribution < -0.4 is 5.32 Å². The van der Waals surface area contributed by atoms with Crippen molar-refractivity contribution in [1.82, 2.24) is 10.2 Å². The van der Waals surface area contributed by atoms with Crippen LogP contribution in [0.2, 0.25) is 5.02 Å². The Kier molecular flexibility index (Phi) is 7.80. The summed E-state index contributed by atoms with van der Waals surface area (Å²) in [5.74, 6) is 0.926. The van der Waals surface area contributed by atoms with Crippen molar-refractivity contribution in [3.63, 3.8) is 0 Å². The van der Waals surface area contributed by atoms with Crippen LogP contribution in [0.5, 0.6) is 0 Å². The summed E-state index contributed by atoms with van der Waals surface area (Å²) in [5, 5.41) is 4.39. The fourth-order valence-corrected chi connectivity index (χ4v) is 3.53. The van der Waals surface area contributed by atoms with Crippen molar-refractivity contribution in [3.8, 4) is 0 Å². The van der Waals surface area contributed by atoms with E-state index < -0.39 is 0 Å². The topological polar surface area (TPSA) is 15.3 Å². The number of hydrogen-bond acceptors (Lipinski definition) is 2. The summed E-state index contributed by atoms with van der Waals surface area (Å²) in [7, 11) is 0. The van der Waals surface area contributed by atoms with E-state index in [1.807, 2.05) is 6.07 Å². The molecule has 1 aromatic rings. The van der Waals surface area contributed by atoms with Gasteiger partial charge in [0.2, 0.25) is 0 Å². The van der Waals surface area contributed by atoms with E-state index in [9.17, 15) is 0 Å². The molecule has 5 heteroatoms. The second-order valence-corrected chi connectivity index (χ2v) is 6.36. The third kappa shape index (κ3) is 4.74. The molecular formula is C16H25Cl3N2. The second kappa shape index (κ2) is 8.59. The van der Waals surface area contributed by atoms with Crippen LogP contribution in [0, 0.1) is 12.8 Å². The summed E-state index contributed by atoms with van der Waals surface area (Å²) in [6.45, 7) is 6.68. The van der Waals surface area contributed by atoms with Gasteiger partial charge in [0.1, 0.15) is 0 Å². The Morgan fingerprint density at radius 1 is 1.24 bits per heavy atom. The summed E-state index contributed by atoms with van der Waals surface area (Å²) < 4.78 is 0. The molecule has 0 spiro atoms. The number of halogens is 3. The number of aryl methyl sites for hydroxylation is 1. The van der Waals surface area contributed by atoms with Gasteiger partial charge in [0.05, 0.1) is 0 Å². The summed E-state index contributed by atoms with van der Waals surface area (Å²) in [5.41, 5.74) is 2.72. The lowest BCUT2D eigenvalue weighted by molar-refractivity contribution is 0.160. The van der Waals surface area contributed by atoms with Crippen LogP contribution >= 0.6 is 36.4 Å². The zero-order valence-corrected chi connectivity index (χ0v) is 14.9. The number of nitrogens with zero attached hydrogens (tertiary/aromatic N) is 1. The van der Waals surface area contributed by atoms with Crippen molar-refractivity contribution in [3.05, 3.63) is 34.3 Å². The molecule has 0 unspecified atom stereocenters. The normalized spacial score (nSPS) is 20.3. The molecule has 1 N–H and O–H groups in total. The van der Waals surface area contributed by atoms with E-state index >= 15 is 0 Å². The molecule has 0 bridgehead atoms. The first-order chi connectivity index (χ1) is 9.25. The van der Waals surface area contributed by atoms with Gasteiger partial charge in [-0.15, -0.1) is 24.8 Å². The average molecular weight is 352 g/mol. The van der Waals surface area contributed by atoms with Gasteiger partial charge in [0.25, 0.3) is 0 Å². The van der Waals surface area contributed by atoms with Crippen LogP contribution in [-0.2, 0) is 0 Å². The monoisotopic (exact) mass is 350 g/mol. The predicted octanol–water partition coefficient (Wildman–Crippen LogP) is 4.24. The van der Waals surface area contributed by atoms with Crippen molar-refractivity contribution in [1.29, 1.82) is 0 Å². The Morgan fingerprint density at radius 2 is 1.90 bits per heavy atom. The highest BCUT2D eigenvalue weighted by molar-refractivity contribution is 6.31. The first-order valence-corrected chi connectivity index (χ1v) is 7.83. The van der Waals surface area contributed by atoms with Crippen molar-refractivity contribution >= 4 is 36.4 Å². The molecule has 120 valence electrons. The van der Waals surface area contributed by atoms with Crippen molar-refractivity contribution in [2.24, 2.45) is 5.92 Å². The minimum absolute atomic E-state index is 0. The van der Waals surface area contributed by atoms with Gasteiger partial charge in [-0.05, 0) is 36.5 Å². The third-order valence-electron chi connectivity index (χ3n) is 4.45. The van der Waals surface area contributed by atoms with Gasteiger partial charge in [-0.25, -0.2) is 0 Å². The molecule has 1 atom stereocenters. The molecule has 1 saturated heterocycles. The fourth-order valence-electron chi connectivity index (χ4n) is 3.18. The van der Waals surface area contributed by atoms with Gasteiger partial charge in [0, 0.05) is 37.2 Å². The highest BCUT2D eigenvalue weighted by Gasteiger charge is 2.32. The largest absolute Gasteiger partial charge is 0.314 e. The molecule has 1 saturated carbocycles. The molecule has 21 heavy (non-hydrogen) atoms. The lowest BCUT2D eigenvalue weighted by Gasteiger charge is -2.36. The number of piperazine rings is 1. The summed E-state index contributed by atoms with van der Waals surface area (Å²) in [6.07, 6.45) is 4.10. The maximum atomic E-state index is 6.51. The zero-order valence-electron chi connectivity index (χ0n) is 12.5. The van der Waals surface area contributed by atoms with E-state index in [0.29, 0.717) is 6.04 Å². The minimum Gasteiger partial charge on any atom is -0.314 e. The Hall–Kier alpha value is 0.01000. The molecule has 0 amide bonds. The molecule has 0 radical (unpaired) electrons. The van der Waals surface area contributed by atoms with E-state index in [1.54, 1.807) is 0 Å². The standard InChI is InChI=1S/C16H23ClN2.2ClH/c1-12-3-2-4-14(17)16(12)15(11-13-5-6-13)19-9-7-18-8-10-19;;/h2-4,13,15,18H,5-11H2,1H3;2*1H/t15-;;/m1../s1. The van der Waals surface area contributed by atoms with Gasteiger partial charge in [-0.2, -0.15) is 0 Å². The van der Waals surface area contributed by atoms with E-state index in [1.165, 1.54) is 30.4 Å². The quantitative estimate of drug-likeness (QED) is 0.873. The van der Waals surface area contributed by atoms with Crippen molar-refractivity contribution in [2.75, 3.05) is 26.2 Å². The lowest BCUT2D eigenvalue weighted by Crippen LogP contribution is -2.45. The molecule has 1 aliphatic carbocycles. The molecule has 0 aromatic heterocycles. The molecule has 2 nitrogen and oxygen atoms in total. The van der Waals surface area contributed by atoms with Gasteiger partial charge in [0.15, 0.2) is 0 Å². The van der Waals surface area contributed by atoms with E-state index in [4.69, 9.17) is 11.6 Å². The highest BCUT2D eigenvalue weighted by atomic mass is 35.5. The second-order valence-electron chi connectivity index (χ2n) is 5.95. The van der Waals surface area contributed by atoms with Gasteiger partial charge >= 0.3 is 0 Å². The average Bonchev–Trinajstić information content (AvgIpc) is 3.22. The van der Waals surface area contributed by atoms with Crippen LogP contribution in [0.15, 0.2) is 18.2 Å². The maximum absolute atomic E-state index is 6.51. The van der Waals surface area contributed by atoms with Crippen molar-refractivity contribution in [2.45, 2.75) is 32.2 Å². The Bertz CT molecular complexity index is 423. The van der Waals surface area contributed by atoms with Crippen LogP contribution in [0.4, 0.5) is 0 Å². The number of rotatable bonds is 4. The van der Waals surface area contributed by atoms with Crippen LogP contribution in [-0.4, -0.2) is 31.1 Å². The molecule has 1 heterocycles. The first kappa shape index (κ1) is 19.1. The third-order valence-corrected chi connectivity index (χ3v) is 4.78. The van der Waals surface area contributed by atoms with Crippen LogP contribution in [0.3, 0.4) is 0 Å². The Morgan fingerprint density at radius 3 is 2.48 bits per heavy atom. The maximum Gasteiger partial charge on any atom is 0.0456 e. The van der Waals surface area contributed by atoms with E-state index in [-0.39, 0.29) is 24.8 Å².